The van der Waals surface area contributed by atoms with Crippen LogP contribution in [0.2, 0.25) is 0 Å². The molecule has 0 radical (unpaired) electrons. The summed E-state index contributed by atoms with van der Waals surface area (Å²) in [5, 5.41) is 12.5. The van der Waals surface area contributed by atoms with Crippen molar-refractivity contribution in [3.8, 4) is 28.3 Å². The van der Waals surface area contributed by atoms with Crippen LogP contribution in [0, 0.1) is 6.92 Å². The minimum absolute atomic E-state index is 0.319. The first-order chi connectivity index (χ1) is 19.0. The lowest BCUT2D eigenvalue weighted by atomic mass is 10.0. The van der Waals surface area contributed by atoms with Gasteiger partial charge in [0.05, 0.1) is 12.3 Å². The number of carbonyl (C=O) groups is 1. The van der Waals surface area contributed by atoms with Gasteiger partial charge in [-0.25, -0.2) is 9.78 Å². The minimum Gasteiger partial charge on any atom is -0.493 e. The summed E-state index contributed by atoms with van der Waals surface area (Å²) in [6.07, 6.45) is 0.843. The molecule has 1 atom stereocenters. The van der Waals surface area contributed by atoms with Gasteiger partial charge in [0.1, 0.15) is 11.5 Å². The smallest absolute Gasteiger partial charge is 0.333 e. The molecule has 0 saturated carbocycles. The summed E-state index contributed by atoms with van der Waals surface area (Å²) in [6, 6.07) is 24.4. The molecule has 0 fully saturated rings. The number of hydrogen-bond donors (Lipinski definition) is 1. The molecule has 0 aliphatic heterocycles. The lowest BCUT2D eigenvalue weighted by molar-refractivity contribution is -0.150. The van der Waals surface area contributed by atoms with Gasteiger partial charge in [0.15, 0.2) is 6.10 Å². The Balaban J connectivity index is 1.24. The number of aromatic nitrogens is 1. The van der Waals surface area contributed by atoms with Crippen molar-refractivity contribution >= 4 is 27.4 Å². The first-order valence-electron chi connectivity index (χ1n) is 13.1. The average Bonchev–Trinajstić information content (AvgIpc) is 3.60. The van der Waals surface area contributed by atoms with Crippen LogP contribution in [0.3, 0.4) is 0 Å². The van der Waals surface area contributed by atoms with Gasteiger partial charge < -0.3 is 19.0 Å². The van der Waals surface area contributed by atoms with Gasteiger partial charge in [0.25, 0.3) is 0 Å². The monoisotopic (exact) mass is 541 g/mol. The summed E-state index contributed by atoms with van der Waals surface area (Å²) < 4.78 is 18.7. The number of ether oxygens (including phenoxy) is 2. The molecule has 0 aliphatic carbocycles. The molecule has 2 heterocycles. The van der Waals surface area contributed by atoms with Gasteiger partial charge >= 0.3 is 5.97 Å². The Bertz CT molecular complexity index is 1540. The number of thiophene rings is 1. The molecule has 200 valence electrons. The quantitative estimate of drug-likeness (QED) is 0.175. The average molecular weight is 542 g/mol. The van der Waals surface area contributed by atoms with Gasteiger partial charge in [-0.1, -0.05) is 55.5 Å². The van der Waals surface area contributed by atoms with Gasteiger partial charge in [0, 0.05) is 35.1 Å². The Kier molecular flexibility index (Phi) is 8.39. The molecule has 0 spiro atoms. The molecule has 1 N–H and O–H groups in total. The van der Waals surface area contributed by atoms with Crippen molar-refractivity contribution in [2.75, 3.05) is 13.2 Å². The van der Waals surface area contributed by atoms with E-state index in [2.05, 4.69) is 24.3 Å². The summed E-state index contributed by atoms with van der Waals surface area (Å²) in [6.45, 7) is 4.76. The third-order valence-electron chi connectivity index (χ3n) is 6.59. The van der Waals surface area contributed by atoms with Crippen molar-refractivity contribution in [3.63, 3.8) is 0 Å². The molecule has 0 amide bonds. The molecule has 0 saturated heterocycles. The van der Waals surface area contributed by atoms with Gasteiger partial charge in [0.2, 0.25) is 5.89 Å². The third-order valence-corrected chi connectivity index (χ3v) is 7.58. The highest BCUT2D eigenvalue weighted by molar-refractivity contribution is 7.17. The van der Waals surface area contributed by atoms with Crippen LogP contribution in [0.5, 0.6) is 5.75 Å². The van der Waals surface area contributed by atoms with Crippen molar-refractivity contribution in [3.05, 3.63) is 95.2 Å². The Morgan fingerprint density at radius 1 is 0.974 bits per heavy atom. The van der Waals surface area contributed by atoms with Crippen LogP contribution in [0.15, 0.2) is 82.6 Å². The second kappa shape index (κ2) is 12.3. The SMILES string of the molecule is CCCOC(Cc1ccc(OCCc2nc(-c3ccc(-c4ccccc4)cc3)oc2C)c2ccsc12)C(=O)O. The number of aryl methyl sites for hydroxylation is 1. The zero-order chi connectivity index (χ0) is 27.2. The van der Waals surface area contributed by atoms with E-state index in [1.165, 1.54) is 5.56 Å². The standard InChI is InChI=1S/C32H31NO5S/c1-3-17-36-29(32(34)35)20-25-13-14-28(26-16-19-39-30(25)26)37-18-15-27-21(2)38-31(33-27)24-11-9-23(10-12-24)22-7-5-4-6-8-22/h4-14,16,19,29H,3,15,17-18,20H2,1-2H3,(H,34,35). The van der Waals surface area contributed by atoms with Crippen molar-refractivity contribution < 1.29 is 23.8 Å². The number of aliphatic carboxylic acids is 1. The predicted octanol–water partition coefficient (Wildman–Crippen LogP) is 7.58. The molecule has 0 aliphatic rings. The topological polar surface area (TPSA) is 81.8 Å². The molecular weight excluding hydrogens is 510 g/mol. The molecule has 1 unspecified atom stereocenters. The summed E-state index contributed by atoms with van der Waals surface area (Å²) in [4.78, 5) is 16.4. The van der Waals surface area contributed by atoms with Crippen LogP contribution in [-0.4, -0.2) is 35.4 Å². The highest BCUT2D eigenvalue weighted by atomic mass is 32.1. The Labute approximate surface area is 231 Å². The maximum absolute atomic E-state index is 11.7. The van der Waals surface area contributed by atoms with E-state index < -0.39 is 12.1 Å². The maximum atomic E-state index is 11.7. The Morgan fingerprint density at radius 2 is 1.72 bits per heavy atom. The van der Waals surface area contributed by atoms with Crippen molar-refractivity contribution in [1.29, 1.82) is 0 Å². The largest absolute Gasteiger partial charge is 0.493 e. The highest BCUT2D eigenvalue weighted by Gasteiger charge is 2.21. The van der Waals surface area contributed by atoms with E-state index in [0.717, 1.165) is 50.4 Å². The molecule has 2 aromatic heterocycles. The molecule has 5 rings (SSSR count). The summed E-state index contributed by atoms with van der Waals surface area (Å²) in [5.41, 5.74) is 5.07. The molecular formula is C32H31NO5S. The number of carboxylic acids is 1. The summed E-state index contributed by atoms with van der Waals surface area (Å²) in [5.74, 6) is 1.21. The van der Waals surface area contributed by atoms with Gasteiger partial charge in [-0.3, -0.25) is 0 Å². The molecule has 39 heavy (non-hydrogen) atoms. The first kappa shape index (κ1) is 26.7. The van der Waals surface area contributed by atoms with E-state index >= 15 is 0 Å². The molecule has 5 aromatic rings. The zero-order valence-electron chi connectivity index (χ0n) is 22.1. The van der Waals surface area contributed by atoms with Crippen LogP contribution in [-0.2, 0) is 22.4 Å². The number of carboxylic acid groups (broad SMARTS) is 1. The fourth-order valence-electron chi connectivity index (χ4n) is 4.53. The van der Waals surface area contributed by atoms with Crippen molar-refractivity contribution in [2.45, 2.75) is 39.2 Å². The van der Waals surface area contributed by atoms with E-state index in [-0.39, 0.29) is 0 Å². The number of hydrogen-bond acceptors (Lipinski definition) is 6. The number of benzene rings is 3. The van der Waals surface area contributed by atoms with Crippen molar-refractivity contribution in [2.24, 2.45) is 0 Å². The summed E-state index contributed by atoms with van der Waals surface area (Å²) >= 11 is 1.58. The van der Waals surface area contributed by atoms with Crippen LogP contribution in [0.25, 0.3) is 32.7 Å². The normalized spacial score (nSPS) is 12.1. The van der Waals surface area contributed by atoms with E-state index in [1.807, 2.05) is 67.8 Å². The molecule has 0 bridgehead atoms. The van der Waals surface area contributed by atoms with Crippen molar-refractivity contribution in [1.82, 2.24) is 4.98 Å². The lowest BCUT2D eigenvalue weighted by Crippen LogP contribution is -2.26. The third kappa shape index (κ3) is 6.21. The first-order valence-corrected chi connectivity index (χ1v) is 14.0. The van der Waals surface area contributed by atoms with E-state index in [4.69, 9.17) is 18.9 Å². The number of oxazole rings is 1. The van der Waals surface area contributed by atoms with Gasteiger partial charge in [-0.05, 0) is 59.7 Å². The van der Waals surface area contributed by atoms with E-state index in [0.29, 0.717) is 31.9 Å². The van der Waals surface area contributed by atoms with Gasteiger partial charge in [-0.2, -0.15) is 0 Å². The molecule has 7 heteroatoms. The van der Waals surface area contributed by atoms with Gasteiger partial charge in [-0.15, -0.1) is 11.3 Å². The number of rotatable bonds is 12. The highest BCUT2D eigenvalue weighted by Crippen LogP contribution is 2.34. The zero-order valence-corrected chi connectivity index (χ0v) is 22.9. The van der Waals surface area contributed by atoms with E-state index in [9.17, 15) is 9.90 Å². The predicted molar refractivity (Wildman–Crippen MR) is 155 cm³/mol. The second-order valence-corrected chi connectivity index (χ2v) is 10.3. The Hall–Kier alpha value is -3.94. The fourth-order valence-corrected chi connectivity index (χ4v) is 5.47. The molecule has 3 aromatic carbocycles. The van der Waals surface area contributed by atoms with Crippen LogP contribution in [0.4, 0.5) is 0 Å². The van der Waals surface area contributed by atoms with E-state index in [1.54, 1.807) is 11.3 Å². The number of fused-ring (bicyclic) bond motifs is 1. The minimum atomic E-state index is -0.942. The van der Waals surface area contributed by atoms with Crippen LogP contribution >= 0.6 is 11.3 Å². The molecule has 6 nitrogen and oxygen atoms in total. The maximum Gasteiger partial charge on any atom is 0.333 e. The number of nitrogens with zero attached hydrogens (tertiary/aromatic N) is 1. The Morgan fingerprint density at radius 3 is 2.46 bits per heavy atom. The summed E-state index contributed by atoms with van der Waals surface area (Å²) in [7, 11) is 0. The second-order valence-electron chi connectivity index (χ2n) is 9.35. The lowest BCUT2D eigenvalue weighted by Gasteiger charge is -2.15. The van der Waals surface area contributed by atoms with Crippen LogP contribution < -0.4 is 4.74 Å². The fraction of sp³-hybridized carbons (Fsp3) is 0.250. The van der Waals surface area contributed by atoms with Crippen LogP contribution in [0.1, 0.15) is 30.4 Å².